The Labute approximate surface area is 114 Å². The number of hydrogen-bond donors (Lipinski definition) is 1. The van der Waals surface area contributed by atoms with Crippen molar-refractivity contribution in [1.82, 2.24) is 9.29 Å². The van der Waals surface area contributed by atoms with Gasteiger partial charge in [-0.05, 0) is 6.92 Å². The monoisotopic (exact) mass is 306 g/mol. The average Bonchev–Trinajstić information content (AvgIpc) is 2.76. The van der Waals surface area contributed by atoms with Gasteiger partial charge in [-0.1, -0.05) is 0 Å². The van der Waals surface area contributed by atoms with Crippen LogP contribution in [0.1, 0.15) is 11.4 Å². The van der Waals surface area contributed by atoms with Crippen LogP contribution >= 0.6 is 11.3 Å². The molecule has 1 aliphatic heterocycles. The highest BCUT2D eigenvalue weighted by Crippen LogP contribution is 2.26. The number of aromatic nitrogens is 1. The molecule has 0 aromatic carbocycles. The van der Waals surface area contributed by atoms with E-state index in [9.17, 15) is 13.2 Å². The van der Waals surface area contributed by atoms with E-state index in [4.69, 9.17) is 9.84 Å². The molecule has 1 fully saturated rings. The molecule has 0 aliphatic carbocycles. The van der Waals surface area contributed by atoms with Gasteiger partial charge in [0.2, 0.25) is 0 Å². The second-order valence-electron chi connectivity index (χ2n) is 4.14. The second kappa shape index (κ2) is 5.53. The van der Waals surface area contributed by atoms with E-state index in [1.165, 1.54) is 10.5 Å². The van der Waals surface area contributed by atoms with E-state index < -0.39 is 22.0 Å². The molecule has 1 aromatic rings. The van der Waals surface area contributed by atoms with Crippen LogP contribution in [-0.4, -0.2) is 54.6 Å². The maximum absolute atomic E-state index is 12.4. The van der Waals surface area contributed by atoms with Gasteiger partial charge in [0.05, 0.1) is 36.9 Å². The van der Waals surface area contributed by atoms with Crippen molar-refractivity contribution in [1.29, 1.82) is 0 Å². The predicted octanol–water partition coefficient (Wildman–Crippen LogP) is 0.316. The number of carboxylic acids is 1. The van der Waals surface area contributed by atoms with Crippen LogP contribution in [-0.2, 0) is 19.6 Å². The van der Waals surface area contributed by atoms with Gasteiger partial charge in [-0.15, -0.1) is 11.3 Å². The standard InChI is InChI=1S/C10H14N2O5S2/c1-7-11-5-10(18-7)19(15,16)12-2-3-17-6-8(12)4-9(13)14/h5,8H,2-4,6H2,1H3,(H,13,14). The number of thiazole rings is 1. The van der Waals surface area contributed by atoms with Gasteiger partial charge in [-0.25, -0.2) is 13.4 Å². The average molecular weight is 306 g/mol. The molecular formula is C10H14N2O5S2. The molecule has 1 aliphatic rings. The number of nitrogens with zero attached hydrogens (tertiary/aromatic N) is 2. The quantitative estimate of drug-likeness (QED) is 0.860. The summed E-state index contributed by atoms with van der Waals surface area (Å²) in [5.41, 5.74) is 0. The molecule has 1 N–H and O–H groups in total. The molecule has 1 saturated heterocycles. The van der Waals surface area contributed by atoms with E-state index in [1.54, 1.807) is 6.92 Å². The lowest BCUT2D eigenvalue weighted by molar-refractivity contribution is -0.139. The predicted molar refractivity (Wildman–Crippen MR) is 67.6 cm³/mol. The molecule has 9 heteroatoms. The van der Waals surface area contributed by atoms with Crippen molar-refractivity contribution in [3.05, 3.63) is 11.2 Å². The summed E-state index contributed by atoms with van der Waals surface area (Å²) in [6, 6.07) is -0.668. The maximum atomic E-state index is 12.4. The molecule has 0 bridgehead atoms. The van der Waals surface area contributed by atoms with Crippen molar-refractivity contribution in [2.24, 2.45) is 0 Å². The Morgan fingerprint density at radius 1 is 1.68 bits per heavy atom. The van der Waals surface area contributed by atoms with Crippen LogP contribution < -0.4 is 0 Å². The normalized spacial score (nSPS) is 21.4. The van der Waals surface area contributed by atoms with E-state index in [2.05, 4.69) is 4.98 Å². The first-order valence-electron chi connectivity index (χ1n) is 5.65. The van der Waals surface area contributed by atoms with E-state index >= 15 is 0 Å². The molecule has 2 rings (SSSR count). The zero-order valence-electron chi connectivity index (χ0n) is 10.3. The SMILES string of the molecule is Cc1ncc(S(=O)(=O)N2CCOCC2CC(=O)O)s1. The smallest absolute Gasteiger partial charge is 0.305 e. The summed E-state index contributed by atoms with van der Waals surface area (Å²) in [5, 5.41) is 9.49. The van der Waals surface area contributed by atoms with E-state index in [0.29, 0.717) is 5.01 Å². The molecule has 1 atom stereocenters. The van der Waals surface area contributed by atoms with Crippen LogP contribution in [0.2, 0.25) is 0 Å². The number of rotatable bonds is 4. The highest BCUT2D eigenvalue weighted by Gasteiger charge is 2.36. The van der Waals surface area contributed by atoms with Gasteiger partial charge in [-0.3, -0.25) is 4.79 Å². The van der Waals surface area contributed by atoms with Crippen molar-refractivity contribution in [2.45, 2.75) is 23.6 Å². The number of ether oxygens (including phenoxy) is 1. The lowest BCUT2D eigenvalue weighted by atomic mass is 10.2. The Morgan fingerprint density at radius 2 is 2.42 bits per heavy atom. The fourth-order valence-electron chi connectivity index (χ4n) is 1.90. The van der Waals surface area contributed by atoms with Crippen LogP contribution in [0, 0.1) is 6.92 Å². The van der Waals surface area contributed by atoms with Crippen LogP contribution in [0.15, 0.2) is 10.4 Å². The number of sulfonamides is 1. The summed E-state index contributed by atoms with van der Waals surface area (Å²) in [5.74, 6) is -1.05. The third kappa shape index (κ3) is 3.11. The zero-order chi connectivity index (χ0) is 14.0. The zero-order valence-corrected chi connectivity index (χ0v) is 11.9. The third-order valence-electron chi connectivity index (χ3n) is 2.75. The molecule has 0 spiro atoms. The Kier molecular flexibility index (Phi) is 4.19. The summed E-state index contributed by atoms with van der Waals surface area (Å²) in [4.78, 5) is 14.7. The lowest BCUT2D eigenvalue weighted by Crippen LogP contribution is -2.49. The highest BCUT2D eigenvalue weighted by molar-refractivity contribution is 7.91. The number of aliphatic carboxylic acids is 1. The molecular weight excluding hydrogens is 292 g/mol. The van der Waals surface area contributed by atoms with Gasteiger partial charge in [-0.2, -0.15) is 4.31 Å². The van der Waals surface area contributed by atoms with Crippen molar-refractivity contribution < 1.29 is 23.1 Å². The fourth-order valence-corrected chi connectivity index (χ4v) is 4.73. The van der Waals surface area contributed by atoms with E-state index in [1.807, 2.05) is 0 Å². The number of morpholine rings is 1. The van der Waals surface area contributed by atoms with Crippen molar-refractivity contribution >= 4 is 27.3 Å². The maximum Gasteiger partial charge on any atom is 0.305 e. The Bertz CT molecular complexity index is 568. The van der Waals surface area contributed by atoms with Crippen molar-refractivity contribution in [3.63, 3.8) is 0 Å². The molecule has 106 valence electrons. The molecule has 7 nitrogen and oxygen atoms in total. The summed E-state index contributed by atoms with van der Waals surface area (Å²) >= 11 is 1.08. The number of carbonyl (C=O) groups is 1. The number of aryl methyl sites for hydroxylation is 1. The first-order valence-corrected chi connectivity index (χ1v) is 7.90. The van der Waals surface area contributed by atoms with Crippen LogP contribution in [0.5, 0.6) is 0 Å². The minimum Gasteiger partial charge on any atom is -0.481 e. The Morgan fingerprint density at radius 3 is 3.00 bits per heavy atom. The summed E-state index contributed by atoms with van der Waals surface area (Å²) < 4.78 is 31.4. The molecule has 1 aromatic heterocycles. The van der Waals surface area contributed by atoms with Gasteiger partial charge >= 0.3 is 5.97 Å². The second-order valence-corrected chi connectivity index (χ2v) is 7.49. The molecule has 0 amide bonds. The van der Waals surface area contributed by atoms with Crippen LogP contribution in [0.25, 0.3) is 0 Å². The van der Waals surface area contributed by atoms with Gasteiger partial charge < -0.3 is 9.84 Å². The summed E-state index contributed by atoms with van der Waals surface area (Å²) in [6.45, 7) is 2.26. The molecule has 0 saturated carbocycles. The minimum atomic E-state index is -3.69. The number of carboxylic acid groups (broad SMARTS) is 1. The highest BCUT2D eigenvalue weighted by atomic mass is 32.2. The van der Waals surface area contributed by atoms with E-state index in [0.717, 1.165) is 11.3 Å². The third-order valence-corrected chi connectivity index (χ3v) is 6.05. The van der Waals surface area contributed by atoms with Crippen LogP contribution in [0.4, 0.5) is 0 Å². The van der Waals surface area contributed by atoms with Crippen molar-refractivity contribution in [3.8, 4) is 0 Å². The molecule has 1 unspecified atom stereocenters. The fraction of sp³-hybridized carbons (Fsp3) is 0.600. The van der Waals surface area contributed by atoms with Gasteiger partial charge in [0, 0.05) is 6.54 Å². The molecule has 19 heavy (non-hydrogen) atoms. The van der Waals surface area contributed by atoms with Gasteiger partial charge in [0.15, 0.2) is 4.21 Å². The first kappa shape index (κ1) is 14.4. The van der Waals surface area contributed by atoms with Crippen LogP contribution in [0.3, 0.4) is 0 Å². The number of hydrogen-bond acceptors (Lipinski definition) is 6. The van der Waals surface area contributed by atoms with Gasteiger partial charge in [0.1, 0.15) is 0 Å². The Hall–Kier alpha value is -1.03. The minimum absolute atomic E-state index is 0.101. The summed E-state index contributed by atoms with van der Waals surface area (Å²) in [7, 11) is -3.69. The molecule has 2 heterocycles. The largest absolute Gasteiger partial charge is 0.481 e. The Balaban J connectivity index is 2.28. The topological polar surface area (TPSA) is 96.8 Å². The first-order chi connectivity index (χ1) is 8.91. The summed E-state index contributed by atoms with van der Waals surface area (Å²) in [6.07, 6.45) is 1.04. The van der Waals surface area contributed by atoms with Gasteiger partial charge in [0.25, 0.3) is 10.0 Å². The molecule has 0 radical (unpaired) electrons. The van der Waals surface area contributed by atoms with E-state index in [-0.39, 0.29) is 30.4 Å². The van der Waals surface area contributed by atoms with Crippen molar-refractivity contribution in [2.75, 3.05) is 19.8 Å². The lowest BCUT2D eigenvalue weighted by Gasteiger charge is -2.33.